The smallest absolute Gasteiger partial charge is 0.421 e. The second kappa shape index (κ2) is 4.47. The second-order valence-electron chi connectivity index (χ2n) is 2.03. The van der Waals surface area contributed by atoms with Gasteiger partial charge in [-0.05, 0) is 0 Å². The zero-order valence-electron chi connectivity index (χ0n) is 6.19. The molecule has 9 heteroatoms. The van der Waals surface area contributed by atoms with Crippen molar-refractivity contribution in [2.75, 3.05) is 0 Å². The van der Waals surface area contributed by atoms with Crippen molar-refractivity contribution < 1.29 is 40.3 Å². The molecule has 0 bridgehead atoms. The summed E-state index contributed by atoms with van der Waals surface area (Å²) >= 11 is 0. The highest BCUT2D eigenvalue weighted by Gasteiger charge is 2.45. The molecule has 0 aliphatic rings. The molecule has 0 aromatic heterocycles. The lowest BCUT2D eigenvalue weighted by Gasteiger charge is -2.14. The summed E-state index contributed by atoms with van der Waals surface area (Å²) in [6.07, 6.45) is -16.6. The van der Waals surface area contributed by atoms with Crippen LogP contribution in [0, 0.1) is 0 Å². The monoisotopic (exact) mass is 228 g/mol. The van der Waals surface area contributed by atoms with Gasteiger partial charge < -0.3 is 4.74 Å². The van der Waals surface area contributed by atoms with Gasteiger partial charge >= 0.3 is 12.1 Å². The van der Waals surface area contributed by atoms with Gasteiger partial charge in [-0.1, -0.05) is 0 Å². The maximum absolute atomic E-state index is 12.0. The Balaban J connectivity index is 4.20. The van der Waals surface area contributed by atoms with Gasteiger partial charge in [0.25, 0.3) is 12.8 Å². The van der Waals surface area contributed by atoms with Crippen LogP contribution in [0.15, 0.2) is 0 Å². The summed E-state index contributed by atoms with van der Waals surface area (Å²) in [5, 5.41) is 0. The fourth-order valence-electron chi connectivity index (χ4n) is 0.348. The van der Waals surface area contributed by atoms with E-state index in [0.717, 1.165) is 0 Å². The molecule has 84 valence electrons. The molecular weight excluding hydrogens is 225 g/mol. The number of halogens is 7. The topological polar surface area (TPSA) is 26.3 Å². The van der Waals surface area contributed by atoms with Gasteiger partial charge in [0.1, 0.15) is 0 Å². The quantitative estimate of drug-likeness (QED) is 0.545. The third-order valence-corrected chi connectivity index (χ3v) is 0.942. The fourth-order valence-corrected chi connectivity index (χ4v) is 0.348. The molecule has 0 radical (unpaired) electrons. The number of carbonyl (C=O) groups is 1. The number of esters is 1. The van der Waals surface area contributed by atoms with E-state index >= 15 is 0 Å². The summed E-state index contributed by atoms with van der Waals surface area (Å²) in [6, 6.07) is 0. The van der Waals surface area contributed by atoms with Crippen LogP contribution in [-0.2, 0) is 9.53 Å². The normalized spacial score (nSPS) is 16.6. The predicted molar refractivity (Wildman–Crippen MR) is 27.9 cm³/mol. The standard InChI is InChI=1S/C5H3F7O2/c6-1(2(7)8)3(9)14-4(13)5(10,11)12/h1-3H. The lowest BCUT2D eigenvalue weighted by molar-refractivity contribution is -0.220. The first-order valence-corrected chi connectivity index (χ1v) is 3.00. The molecule has 0 amide bonds. The largest absolute Gasteiger partial charge is 0.491 e. The average Bonchev–Trinajstić information content (AvgIpc) is 2.00. The highest BCUT2D eigenvalue weighted by molar-refractivity contribution is 5.75. The van der Waals surface area contributed by atoms with Crippen LogP contribution in [0.1, 0.15) is 0 Å². The van der Waals surface area contributed by atoms with E-state index in [1.807, 2.05) is 0 Å². The molecule has 0 aliphatic heterocycles. The van der Waals surface area contributed by atoms with Crippen molar-refractivity contribution in [3.05, 3.63) is 0 Å². The highest BCUT2D eigenvalue weighted by Crippen LogP contribution is 2.21. The SMILES string of the molecule is O=C(OC(F)C(F)C(F)F)C(F)(F)F. The molecule has 0 saturated carbocycles. The number of alkyl halides is 7. The van der Waals surface area contributed by atoms with Gasteiger partial charge in [0, 0.05) is 0 Å². The summed E-state index contributed by atoms with van der Waals surface area (Å²) in [5.74, 6) is -3.06. The van der Waals surface area contributed by atoms with Crippen LogP contribution in [0.2, 0.25) is 0 Å². The summed E-state index contributed by atoms with van der Waals surface area (Å²) in [6.45, 7) is 0. The molecule has 2 unspecified atom stereocenters. The minimum Gasteiger partial charge on any atom is -0.421 e. The summed E-state index contributed by atoms with van der Waals surface area (Å²) in [5.41, 5.74) is 0. The van der Waals surface area contributed by atoms with Crippen molar-refractivity contribution in [3.8, 4) is 0 Å². The van der Waals surface area contributed by atoms with E-state index in [2.05, 4.69) is 4.74 Å². The zero-order chi connectivity index (χ0) is 11.5. The lowest BCUT2D eigenvalue weighted by atomic mass is 10.4. The van der Waals surface area contributed by atoms with Crippen molar-refractivity contribution in [2.24, 2.45) is 0 Å². The van der Waals surface area contributed by atoms with Crippen molar-refractivity contribution in [1.82, 2.24) is 0 Å². The molecule has 2 nitrogen and oxygen atoms in total. The summed E-state index contributed by atoms with van der Waals surface area (Å²) in [4.78, 5) is 9.80. The molecule has 2 atom stereocenters. The average molecular weight is 228 g/mol. The molecule has 0 rings (SSSR count). The van der Waals surface area contributed by atoms with Crippen molar-refractivity contribution in [1.29, 1.82) is 0 Å². The van der Waals surface area contributed by atoms with Crippen LogP contribution in [-0.4, -0.2) is 31.1 Å². The van der Waals surface area contributed by atoms with Crippen molar-refractivity contribution in [3.63, 3.8) is 0 Å². The van der Waals surface area contributed by atoms with E-state index in [9.17, 15) is 35.5 Å². The number of hydrogen-bond donors (Lipinski definition) is 0. The van der Waals surface area contributed by atoms with Crippen LogP contribution in [0.3, 0.4) is 0 Å². The molecule has 0 heterocycles. The summed E-state index contributed by atoms with van der Waals surface area (Å²) < 4.78 is 83.3. The van der Waals surface area contributed by atoms with Crippen molar-refractivity contribution in [2.45, 2.75) is 25.1 Å². The van der Waals surface area contributed by atoms with Gasteiger partial charge in [0.15, 0.2) is 0 Å². The van der Waals surface area contributed by atoms with E-state index in [4.69, 9.17) is 0 Å². The lowest BCUT2D eigenvalue weighted by Crippen LogP contribution is -2.35. The first-order chi connectivity index (χ1) is 6.16. The summed E-state index contributed by atoms with van der Waals surface area (Å²) in [7, 11) is 0. The van der Waals surface area contributed by atoms with E-state index in [0.29, 0.717) is 0 Å². The Labute approximate surface area is 72.6 Å². The Morgan fingerprint density at radius 3 is 1.79 bits per heavy atom. The Morgan fingerprint density at radius 2 is 1.50 bits per heavy atom. The van der Waals surface area contributed by atoms with Gasteiger partial charge in [0.05, 0.1) is 0 Å². The third kappa shape index (κ3) is 3.79. The van der Waals surface area contributed by atoms with Crippen LogP contribution in [0.5, 0.6) is 0 Å². The van der Waals surface area contributed by atoms with E-state index in [-0.39, 0.29) is 0 Å². The Bertz CT molecular complexity index is 201. The molecular formula is C5H3F7O2. The Morgan fingerprint density at radius 1 is 1.07 bits per heavy atom. The Kier molecular flexibility index (Phi) is 4.14. The van der Waals surface area contributed by atoms with Gasteiger partial charge in [-0.15, -0.1) is 0 Å². The molecule has 0 fully saturated rings. The molecule has 0 spiro atoms. The highest BCUT2D eigenvalue weighted by atomic mass is 19.4. The molecule has 14 heavy (non-hydrogen) atoms. The Hall–Kier alpha value is -1.02. The van der Waals surface area contributed by atoms with Crippen molar-refractivity contribution >= 4 is 5.97 Å². The van der Waals surface area contributed by atoms with Crippen LogP contribution in [0.25, 0.3) is 0 Å². The minimum atomic E-state index is -5.55. The predicted octanol–water partition coefficient (Wildman–Crippen LogP) is 1.99. The number of hydrogen-bond acceptors (Lipinski definition) is 2. The fraction of sp³-hybridized carbons (Fsp3) is 0.800. The van der Waals surface area contributed by atoms with E-state index < -0.39 is 31.1 Å². The van der Waals surface area contributed by atoms with Gasteiger partial charge in [-0.3, -0.25) is 0 Å². The molecule has 0 aromatic rings. The van der Waals surface area contributed by atoms with Gasteiger partial charge in [-0.25, -0.2) is 18.0 Å². The molecule has 0 aromatic carbocycles. The number of rotatable bonds is 3. The number of ether oxygens (including phenoxy) is 1. The van der Waals surface area contributed by atoms with Gasteiger partial charge in [0.2, 0.25) is 6.17 Å². The second-order valence-corrected chi connectivity index (χ2v) is 2.03. The van der Waals surface area contributed by atoms with E-state index in [1.54, 1.807) is 0 Å². The van der Waals surface area contributed by atoms with Gasteiger partial charge in [-0.2, -0.15) is 17.6 Å². The van der Waals surface area contributed by atoms with E-state index in [1.165, 1.54) is 0 Å². The molecule has 0 N–H and O–H groups in total. The third-order valence-electron chi connectivity index (χ3n) is 0.942. The number of carbonyl (C=O) groups excluding carboxylic acids is 1. The van der Waals surface area contributed by atoms with Crippen LogP contribution >= 0.6 is 0 Å². The maximum Gasteiger partial charge on any atom is 0.491 e. The van der Waals surface area contributed by atoms with Crippen LogP contribution in [0.4, 0.5) is 30.7 Å². The van der Waals surface area contributed by atoms with Crippen LogP contribution < -0.4 is 0 Å². The first kappa shape index (κ1) is 13.0. The molecule has 0 aliphatic carbocycles. The zero-order valence-corrected chi connectivity index (χ0v) is 6.19. The first-order valence-electron chi connectivity index (χ1n) is 3.00. The molecule has 0 saturated heterocycles. The minimum absolute atomic E-state index is 2.75. The maximum atomic E-state index is 12.0.